The van der Waals surface area contributed by atoms with Crippen molar-refractivity contribution in [1.82, 2.24) is 0 Å². The first-order chi connectivity index (χ1) is 10.9. The van der Waals surface area contributed by atoms with Gasteiger partial charge in [-0.1, -0.05) is 85.0 Å². The molecule has 0 N–H and O–H groups in total. The lowest BCUT2D eigenvalue weighted by molar-refractivity contribution is -0.0674. The van der Waals surface area contributed by atoms with Crippen LogP contribution in [0.15, 0.2) is 72.8 Å². The largest absolute Gasteiger partial charge is 0.362 e. The van der Waals surface area contributed by atoms with Gasteiger partial charge in [0.2, 0.25) is 0 Å². The Morgan fingerprint density at radius 3 is 1.30 bits per heavy atom. The van der Waals surface area contributed by atoms with Crippen LogP contribution in [0.3, 0.4) is 0 Å². The molecule has 2 aromatic rings. The summed E-state index contributed by atoms with van der Waals surface area (Å²) in [6.07, 6.45) is 8.44. The Bertz CT molecular complexity index is 589. The molecule has 0 heterocycles. The van der Waals surface area contributed by atoms with Crippen molar-refractivity contribution in [2.75, 3.05) is 0 Å². The minimum Gasteiger partial charge on any atom is -0.362 e. The average Bonchev–Trinajstić information content (AvgIpc) is 2.52. The van der Waals surface area contributed by atoms with Gasteiger partial charge in [0, 0.05) is 0 Å². The third kappa shape index (κ3) is 6.25. The van der Waals surface area contributed by atoms with E-state index < -0.39 is 0 Å². The van der Waals surface area contributed by atoms with Gasteiger partial charge in [0.05, 0.1) is 11.2 Å². The molecule has 1 heteroatoms. The second-order valence-electron chi connectivity index (χ2n) is 6.80. The van der Waals surface area contributed by atoms with Crippen molar-refractivity contribution in [3.05, 3.63) is 83.9 Å². The summed E-state index contributed by atoms with van der Waals surface area (Å²) < 4.78 is 6.30. The summed E-state index contributed by atoms with van der Waals surface area (Å²) in [6, 6.07) is 20.6. The molecule has 0 aliphatic carbocycles. The van der Waals surface area contributed by atoms with Gasteiger partial charge in [-0.15, -0.1) is 0 Å². The van der Waals surface area contributed by atoms with E-state index in [2.05, 4.69) is 76.3 Å². The maximum atomic E-state index is 6.30. The number of hydrogen-bond donors (Lipinski definition) is 0. The second kappa shape index (κ2) is 7.43. The number of rotatable bonds is 6. The van der Waals surface area contributed by atoms with Crippen LogP contribution < -0.4 is 0 Å². The second-order valence-corrected chi connectivity index (χ2v) is 6.80. The van der Waals surface area contributed by atoms with Gasteiger partial charge in [-0.2, -0.15) is 0 Å². The van der Waals surface area contributed by atoms with Crippen molar-refractivity contribution >= 4 is 12.2 Å². The van der Waals surface area contributed by atoms with Crippen LogP contribution in [0.25, 0.3) is 12.2 Å². The zero-order valence-corrected chi connectivity index (χ0v) is 14.5. The molecule has 0 aliphatic heterocycles. The van der Waals surface area contributed by atoms with E-state index in [1.807, 2.05) is 36.4 Å². The van der Waals surface area contributed by atoms with E-state index in [1.54, 1.807) is 0 Å². The Labute approximate surface area is 140 Å². The highest BCUT2D eigenvalue weighted by Crippen LogP contribution is 2.24. The number of hydrogen-bond acceptors (Lipinski definition) is 1. The standard InChI is InChI=1S/C22H26O/c1-21(2,17-15-19-11-7-5-8-12-19)23-22(3,4)18-16-20-13-9-6-10-14-20/h5-18H,1-4H3. The predicted molar refractivity (Wildman–Crippen MR) is 100 cm³/mol. The Morgan fingerprint density at radius 2 is 0.957 bits per heavy atom. The molecule has 2 rings (SSSR count). The lowest BCUT2D eigenvalue weighted by atomic mass is 10.0. The SMILES string of the molecule is CC(C)(C=Cc1ccccc1)OC(C)(C)C=Cc1ccccc1. The molecule has 0 atom stereocenters. The van der Waals surface area contributed by atoms with Gasteiger partial charge < -0.3 is 4.74 Å². The van der Waals surface area contributed by atoms with E-state index in [0.29, 0.717) is 0 Å². The first kappa shape index (κ1) is 17.2. The van der Waals surface area contributed by atoms with E-state index in [0.717, 1.165) is 0 Å². The molecular weight excluding hydrogens is 280 g/mol. The highest BCUT2D eigenvalue weighted by atomic mass is 16.5. The normalized spacial score (nSPS) is 13.0. The monoisotopic (exact) mass is 306 g/mol. The minimum absolute atomic E-state index is 0.347. The summed E-state index contributed by atoms with van der Waals surface area (Å²) in [5.41, 5.74) is 1.67. The number of benzene rings is 2. The van der Waals surface area contributed by atoms with Crippen LogP contribution in [-0.2, 0) is 4.74 Å². The van der Waals surface area contributed by atoms with E-state index >= 15 is 0 Å². The van der Waals surface area contributed by atoms with Crippen molar-refractivity contribution in [2.24, 2.45) is 0 Å². The van der Waals surface area contributed by atoms with Crippen molar-refractivity contribution < 1.29 is 4.74 Å². The smallest absolute Gasteiger partial charge is 0.0821 e. The van der Waals surface area contributed by atoms with Crippen molar-refractivity contribution in [1.29, 1.82) is 0 Å². The fourth-order valence-corrected chi connectivity index (χ4v) is 2.47. The van der Waals surface area contributed by atoms with Crippen LogP contribution in [0.2, 0.25) is 0 Å². The highest BCUT2D eigenvalue weighted by molar-refractivity contribution is 5.51. The Hall–Kier alpha value is -2.12. The van der Waals surface area contributed by atoms with Crippen molar-refractivity contribution in [3.63, 3.8) is 0 Å². The van der Waals surface area contributed by atoms with Crippen LogP contribution in [0.4, 0.5) is 0 Å². The van der Waals surface area contributed by atoms with E-state index in [-0.39, 0.29) is 11.2 Å². The first-order valence-electron chi connectivity index (χ1n) is 8.05. The summed E-state index contributed by atoms with van der Waals surface area (Å²) in [7, 11) is 0. The molecule has 120 valence electrons. The summed E-state index contributed by atoms with van der Waals surface area (Å²) in [4.78, 5) is 0. The zero-order chi connectivity index (χ0) is 16.8. The molecule has 0 bridgehead atoms. The van der Waals surface area contributed by atoms with Gasteiger partial charge in [-0.3, -0.25) is 0 Å². The van der Waals surface area contributed by atoms with Crippen LogP contribution >= 0.6 is 0 Å². The molecule has 23 heavy (non-hydrogen) atoms. The molecule has 0 unspecified atom stereocenters. The lowest BCUT2D eigenvalue weighted by Gasteiger charge is -2.32. The summed E-state index contributed by atoms with van der Waals surface area (Å²) in [5, 5.41) is 0. The third-order valence-electron chi connectivity index (χ3n) is 3.48. The molecule has 0 saturated heterocycles. The Kier molecular flexibility index (Phi) is 5.57. The van der Waals surface area contributed by atoms with Gasteiger partial charge in [0.25, 0.3) is 0 Å². The molecule has 0 amide bonds. The molecule has 0 aromatic heterocycles. The quantitative estimate of drug-likeness (QED) is 0.637. The fourth-order valence-electron chi connectivity index (χ4n) is 2.47. The van der Waals surface area contributed by atoms with Crippen LogP contribution in [0, 0.1) is 0 Å². The molecule has 0 spiro atoms. The van der Waals surface area contributed by atoms with E-state index in [4.69, 9.17) is 4.74 Å². The Balaban J connectivity index is 2.03. The highest BCUT2D eigenvalue weighted by Gasteiger charge is 2.24. The van der Waals surface area contributed by atoms with Gasteiger partial charge in [-0.25, -0.2) is 0 Å². The van der Waals surface area contributed by atoms with E-state index in [1.165, 1.54) is 11.1 Å². The summed E-state index contributed by atoms with van der Waals surface area (Å²) in [5.74, 6) is 0. The molecule has 0 radical (unpaired) electrons. The molecule has 0 saturated carbocycles. The van der Waals surface area contributed by atoms with Crippen LogP contribution in [0.1, 0.15) is 38.8 Å². The zero-order valence-electron chi connectivity index (χ0n) is 14.5. The fraction of sp³-hybridized carbons (Fsp3) is 0.273. The third-order valence-corrected chi connectivity index (χ3v) is 3.48. The molecule has 1 nitrogen and oxygen atoms in total. The minimum atomic E-state index is -0.347. The lowest BCUT2D eigenvalue weighted by Crippen LogP contribution is -2.34. The topological polar surface area (TPSA) is 9.23 Å². The van der Waals surface area contributed by atoms with Gasteiger partial charge >= 0.3 is 0 Å². The average molecular weight is 306 g/mol. The molecule has 0 fully saturated rings. The maximum absolute atomic E-state index is 6.30. The van der Waals surface area contributed by atoms with Crippen LogP contribution in [0.5, 0.6) is 0 Å². The van der Waals surface area contributed by atoms with Crippen LogP contribution in [-0.4, -0.2) is 11.2 Å². The molecule has 0 aliphatic rings. The molecular formula is C22H26O. The first-order valence-corrected chi connectivity index (χ1v) is 8.05. The maximum Gasteiger partial charge on any atom is 0.0821 e. The Morgan fingerprint density at radius 1 is 0.609 bits per heavy atom. The van der Waals surface area contributed by atoms with E-state index in [9.17, 15) is 0 Å². The van der Waals surface area contributed by atoms with Gasteiger partial charge in [-0.05, 0) is 38.8 Å². The molecule has 2 aromatic carbocycles. The number of ether oxygens (including phenoxy) is 1. The summed E-state index contributed by atoms with van der Waals surface area (Å²) in [6.45, 7) is 8.35. The van der Waals surface area contributed by atoms with Gasteiger partial charge in [0.1, 0.15) is 0 Å². The summed E-state index contributed by atoms with van der Waals surface area (Å²) >= 11 is 0. The predicted octanol–water partition coefficient (Wildman–Crippen LogP) is 5.99. The van der Waals surface area contributed by atoms with Crippen molar-refractivity contribution in [2.45, 2.75) is 38.9 Å². The van der Waals surface area contributed by atoms with Crippen molar-refractivity contribution in [3.8, 4) is 0 Å². The van der Waals surface area contributed by atoms with Gasteiger partial charge in [0.15, 0.2) is 0 Å².